The Labute approximate surface area is 400 Å². The van der Waals surface area contributed by atoms with Crippen LogP contribution in [0, 0.1) is 0 Å². The second kappa shape index (κ2) is 14.8. The van der Waals surface area contributed by atoms with Crippen LogP contribution in [0.2, 0.25) is 0 Å². The van der Waals surface area contributed by atoms with E-state index in [2.05, 4.69) is 158 Å². The largest absolute Gasteiger partial charge is 0.456 e. The van der Waals surface area contributed by atoms with Crippen molar-refractivity contribution in [2.75, 3.05) is 0 Å². The number of hydrogen-bond acceptors (Lipinski definition) is 6. The van der Waals surface area contributed by atoms with Gasteiger partial charge in [0.1, 0.15) is 33.5 Å². The first-order valence-corrected chi connectivity index (χ1v) is 23.6. The molecule has 0 fully saturated rings. The summed E-state index contributed by atoms with van der Waals surface area (Å²) < 4.78 is 19.5. The predicted octanol–water partition coefficient (Wildman–Crippen LogP) is 16.6. The Morgan fingerprint density at radius 3 is 1.50 bits per heavy atom. The van der Waals surface area contributed by atoms with E-state index < -0.39 is 5.41 Å². The standard InChI is InChI=1S/C64H37N3O3/c1-3-16-40(17-4-1)64(41-18-5-2-6-19-41)50-26-10-7-21-45(50)58-42(23-13-27-51(58)64)38-33-35-54-49(36-38)60-48(25-15-31-56(60)69-54)63-66-61(39-32-34-44-43-20-8-11-28-52(43)70-57(44)37-39)65-62(67-63)47-24-14-30-55-59(47)46-22-9-12-29-53(46)68-55/h1-37H. The highest BCUT2D eigenvalue weighted by Crippen LogP contribution is 2.58. The van der Waals surface area contributed by atoms with E-state index in [1.165, 1.54) is 33.4 Å². The minimum absolute atomic E-state index is 0.514. The first-order valence-electron chi connectivity index (χ1n) is 23.6. The zero-order valence-electron chi connectivity index (χ0n) is 37.4. The fourth-order valence-corrected chi connectivity index (χ4v) is 11.5. The van der Waals surface area contributed by atoms with Gasteiger partial charge in [-0.05, 0) is 93.0 Å². The van der Waals surface area contributed by atoms with E-state index in [1.807, 2.05) is 66.7 Å². The molecule has 4 heterocycles. The minimum atomic E-state index is -0.514. The van der Waals surface area contributed by atoms with Gasteiger partial charge >= 0.3 is 0 Å². The van der Waals surface area contributed by atoms with Gasteiger partial charge in [-0.3, -0.25) is 0 Å². The summed E-state index contributed by atoms with van der Waals surface area (Å²) in [5.41, 5.74) is 16.4. The van der Waals surface area contributed by atoms with Crippen molar-refractivity contribution in [2.24, 2.45) is 0 Å². The fraction of sp³-hybridized carbons (Fsp3) is 0.0156. The molecule has 0 bridgehead atoms. The van der Waals surface area contributed by atoms with Crippen molar-refractivity contribution < 1.29 is 13.3 Å². The van der Waals surface area contributed by atoms with Gasteiger partial charge in [-0.2, -0.15) is 0 Å². The highest BCUT2D eigenvalue weighted by atomic mass is 16.3. The molecule has 0 radical (unpaired) electrons. The average Bonchev–Trinajstić information content (AvgIpc) is 4.19. The van der Waals surface area contributed by atoms with Crippen LogP contribution in [0.3, 0.4) is 0 Å². The molecular weight excluding hydrogens is 859 g/mol. The molecule has 0 saturated heterocycles. The van der Waals surface area contributed by atoms with Crippen molar-refractivity contribution in [3.63, 3.8) is 0 Å². The number of fused-ring (bicyclic) bond motifs is 12. The van der Waals surface area contributed by atoms with Crippen molar-refractivity contribution in [3.8, 4) is 56.4 Å². The maximum absolute atomic E-state index is 6.71. The molecule has 0 unspecified atom stereocenters. The second-order valence-electron chi connectivity index (χ2n) is 18.1. The van der Waals surface area contributed by atoms with Crippen LogP contribution in [0.15, 0.2) is 238 Å². The fourth-order valence-electron chi connectivity index (χ4n) is 11.5. The van der Waals surface area contributed by atoms with Gasteiger partial charge in [0.15, 0.2) is 17.5 Å². The summed E-state index contributed by atoms with van der Waals surface area (Å²) in [6, 6.07) is 78.8. The van der Waals surface area contributed by atoms with Crippen molar-refractivity contribution in [1.29, 1.82) is 0 Å². The summed E-state index contributed by atoms with van der Waals surface area (Å²) in [6.45, 7) is 0. The summed E-state index contributed by atoms with van der Waals surface area (Å²) in [5.74, 6) is 1.58. The molecule has 6 nitrogen and oxygen atoms in total. The van der Waals surface area contributed by atoms with Crippen LogP contribution < -0.4 is 0 Å². The molecule has 1 aliphatic carbocycles. The predicted molar refractivity (Wildman–Crippen MR) is 281 cm³/mol. The van der Waals surface area contributed by atoms with Crippen LogP contribution in [0.25, 0.3) is 122 Å². The van der Waals surface area contributed by atoms with E-state index in [4.69, 9.17) is 28.2 Å². The first kappa shape index (κ1) is 38.7. The SMILES string of the molecule is c1ccc(C2(c3ccccc3)c3ccccc3-c3c(-c4ccc5oc6cccc(-c7nc(-c8ccc9c(c8)oc8ccccc89)nc(-c8cccc9oc%10ccccc%10c89)n7)c6c5c4)cccc32)cc1. The lowest BCUT2D eigenvalue weighted by Gasteiger charge is -2.34. The number of nitrogens with zero attached hydrogens (tertiary/aromatic N) is 3. The molecule has 1 aliphatic rings. The van der Waals surface area contributed by atoms with E-state index in [1.54, 1.807) is 0 Å². The Kier molecular flexibility index (Phi) is 8.18. The van der Waals surface area contributed by atoms with Crippen molar-refractivity contribution in [1.82, 2.24) is 15.0 Å². The molecule has 0 saturated carbocycles. The molecule has 70 heavy (non-hydrogen) atoms. The van der Waals surface area contributed by atoms with Crippen LogP contribution in [0.1, 0.15) is 22.3 Å². The van der Waals surface area contributed by atoms with E-state index in [9.17, 15) is 0 Å². The summed E-state index contributed by atoms with van der Waals surface area (Å²) in [4.78, 5) is 15.9. The zero-order chi connectivity index (χ0) is 45.9. The molecule has 6 heteroatoms. The van der Waals surface area contributed by atoms with Crippen LogP contribution in [-0.4, -0.2) is 15.0 Å². The number of rotatable bonds is 6. The van der Waals surface area contributed by atoms with Crippen molar-refractivity contribution in [3.05, 3.63) is 247 Å². The summed E-state index contributed by atoms with van der Waals surface area (Å²) in [7, 11) is 0. The third kappa shape index (κ3) is 5.53. The minimum Gasteiger partial charge on any atom is -0.456 e. The topological polar surface area (TPSA) is 78.1 Å². The molecule has 0 atom stereocenters. The average molecular weight is 896 g/mol. The van der Waals surface area contributed by atoms with Gasteiger partial charge in [0, 0.05) is 49.0 Å². The Bertz CT molecular complexity index is 4390. The monoisotopic (exact) mass is 895 g/mol. The van der Waals surface area contributed by atoms with Crippen LogP contribution >= 0.6 is 0 Å². The third-order valence-electron chi connectivity index (χ3n) is 14.4. The van der Waals surface area contributed by atoms with Crippen LogP contribution in [0.5, 0.6) is 0 Å². The van der Waals surface area contributed by atoms with Gasteiger partial charge < -0.3 is 13.3 Å². The van der Waals surface area contributed by atoms with Gasteiger partial charge in [-0.15, -0.1) is 0 Å². The number of benzene rings is 10. The van der Waals surface area contributed by atoms with E-state index in [0.29, 0.717) is 17.5 Å². The van der Waals surface area contributed by atoms with Gasteiger partial charge in [0.25, 0.3) is 0 Å². The number of furan rings is 3. The van der Waals surface area contributed by atoms with Gasteiger partial charge in [-0.25, -0.2) is 15.0 Å². The normalized spacial score (nSPS) is 13.0. The molecule has 0 spiro atoms. The lowest BCUT2D eigenvalue weighted by molar-refractivity contribution is 0.668. The van der Waals surface area contributed by atoms with Crippen LogP contribution in [-0.2, 0) is 5.41 Å². The van der Waals surface area contributed by atoms with Gasteiger partial charge in [0.2, 0.25) is 0 Å². The lowest BCUT2D eigenvalue weighted by atomic mass is 9.67. The molecule has 15 rings (SSSR count). The van der Waals surface area contributed by atoms with E-state index in [-0.39, 0.29) is 0 Å². The molecule has 4 aromatic heterocycles. The molecule has 326 valence electrons. The maximum atomic E-state index is 6.71. The summed E-state index contributed by atoms with van der Waals surface area (Å²) in [6.07, 6.45) is 0. The Balaban J connectivity index is 0.958. The van der Waals surface area contributed by atoms with Crippen molar-refractivity contribution >= 4 is 65.8 Å². The third-order valence-corrected chi connectivity index (χ3v) is 14.4. The Morgan fingerprint density at radius 1 is 0.286 bits per heavy atom. The molecular formula is C64H37N3O3. The molecule has 14 aromatic rings. The number of para-hydroxylation sites is 2. The Hall–Kier alpha value is -9.39. The Morgan fingerprint density at radius 2 is 0.771 bits per heavy atom. The van der Waals surface area contributed by atoms with Crippen LogP contribution in [0.4, 0.5) is 0 Å². The second-order valence-corrected chi connectivity index (χ2v) is 18.1. The smallest absolute Gasteiger partial charge is 0.164 e. The molecule has 0 amide bonds. The van der Waals surface area contributed by atoms with E-state index in [0.717, 1.165) is 93.6 Å². The first-order chi connectivity index (χ1) is 34.7. The highest BCUT2D eigenvalue weighted by Gasteiger charge is 2.46. The summed E-state index contributed by atoms with van der Waals surface area (Å²) >= 11 is 0. The zero-order valence-corrected chi connectivity index (χ0v) is 37.4. The van der Waals surface area contributed by atoms with E-state index >= 15 is 0 Å². The van der Waals surface area contributed by atoms with Gasteiger partial charge in [0.05, 0.1) is 5.41 Å². The van der Waals surface area contributed by atoms with Gasteiger partial charge in [-0.1, -0.05) is 176 Å². The van der Waals surface area contributed by atoms with Crippen molar-refractivity contribution in [2.45, 2.75) is 5.41 Å². The number of hydrogen-bond donors (Lipinski definition) is 0. The lowest BCUT2D eigenvalue weighted by Crippen LogP contribution is -2.28. The quantitative estimate of drug-likeness (QED) is 0.165. The molecule has 0 aliphatic heterocycles. The highest BCUT2D eigenvalue weighted by molar-refractivity contribution is 6.14. The number of aromatic nitrogens is 3. The summed E-state index contributed by atoms with van der Waals surface area (Å²) in [5, 5.41) is 5.94. The molecule has 10 aromatic carbocycles. The maximum Gasteiger partial charge on any atom is 0.164 e. The molecule has 0 N–H and O–H groups in total.